The van der Waals surface area contributed by atoms with Gasteiger partial charge in [-0.05, 0) is 56.5 Å². The number of piperazine rings is 1. The van der Waals surface area contributed by atoms with Crippen molar-refractivity contribution in [1.29, 1.82) is 0 Å². The lowest BCUT2D eigenvalue weighted by Gasteiger charge is -2.37. The molecule has 2 aliphatic heterocycles. The topological polar surface area (TPSA) is 38.8 Å². The number of benzene rings is 1. The van der Waals surface area contributed by atoms with Crippen molar-refractivity contribution in [2.24, 2.45) is 5.92 Å². The lowest BCUT2D eigenvalue weighted by Crippen LogP contribution is -2.48. The fourth-order valence-corrected chi connectivity index (χ4v) is 4.20. The molecule has 0 saturated carbocycles. The van der Waals surface area contributed by atoms with Crippen molar-refractivity contribution in [2.45, 2.75) is 33.1 Å². The average molecular weight is 373 g/mol. The molecule has 5 heteroatoms. The second kappa shape index (κ2) is 10.1. The summed E-state index contributed by atoms with van der Waals surface area (Å²) in [6, 6.07) is 8.75. The Kier molecular flexibility index (Phi) is 7.53. The summed E-state index contributed by atoms with van der Waals surface area (Å²) >= 11 is 0. The van der Waals surface area contributed by atoms with Crippen LogP contribution < -0.4 is 10.2 Å². The molecule has 150 valence electrons. The first kappa shape index (κ1) is 20.2. The first-order valence-electron chi connectivity index (χ1n) is 10.7. The average Bonchev–Trinajstić information content (AvgIpc) is 2.71. The van der Waals surface area contributed by atoms with E-state index in [1.54, 1.807) is 0 Å². The first-order chi connectivity index (χ1) is 13.2. The molecule has 2 saturated heterocycles. The molecule has 5 nitrogen and oxygen atoms in total. The number of anilines is 1. The van der Waals surface area contributed by atoms with Crippen LogP contribution in [0.3, 0.4) is 0 Å². The largest absolute Gasteiger partial charge is 0.369 e. The number of piperidine rings is 1. The smallest absolute Gasteiger partial charge is 0.223 e. The summed E-state index contributed by atoms with van der Waals surface area (Å²) in [7, 11) is 0. The molecular weight excluding hydrogens is 336 g/mol. The molecule has 0 radical (unpaired) electrons. The molecular formula is C22H36N4O. The summed E-state index contributed by atoms with van der Waals surface area (Å²) in [6.07, 6.45) is 2.96. The Hall–Kier alpha value is -1.59. The zero-order chi connectivity index (χ0) is 19.1. The molecule has 0 aliphatic carbocycles. The van der Waals surface area contributed by atoms with Crippen LogP contribution in [0.4, 0.5) is 5.69 Å². The molecule has 0 unspecified atom stereocenters. The quantitative estimate of drug-likeness (QED) is 0.797. The molecule has 3 rings (SSSR count). The molecule has 1 amide bonds. The van der Waals surface area contributed by atoms with Crippen LogP contribution in [-0.4, -0.2) is 74.6 Å². The highest BCUT2D eigenvalue weighted by molar-refractivity contribution is 5.76. The van der Waals surface area contributed by atoms with Crippen molar-refractivity contribution in [3.05, 3.63) is 29.8 Å². The first-order valence-corrected chi connectivity index (χ1v) is 10.7. The van der Waals surface area contributed by atoms with Crippen LogP contribution in [0.2, 0.25) is 0 Å². The molecule has 0 atom stereocenters. The maximum Gasteiger partial charge on any atom is 0.223 e. The van der Waals surface area contributed by atoms with Crippen LogP contribution >= 0.6 is 0 Å². The van der Waals surface area contributed by atoms with Crippen LogP contribution in [0, 0.1) is 12.8 Å². The third-order valence-corrected chi connectivity index (χ3v) is 6.03. The molecule has 2 fully saturated rings. The summed E-state index contributed by atoms with van der Waals surface area (Å²) < 4.78 is 0. The molecule has 1 N–H and O–H groups in total. The van der Waals surface area contributed by atoms with E-state index in [0.29, 0.717) is 12.3 Å². The minimum Gasteiger partial charge on any atom is -0.369 e. The van der Waals surface area contributed by atoms with Crippen molar-refractivity contribution < 1.29 is 4.79 Å². The highest BCUT2D eigenvalue weighted by Crippen LogP contribution is 2.19. The van der Waals surface area contributed by atoms with Crippen molar-refractivity contribution in [3.8, 4) is 0 Å². The number of nitrogens with zero attached hydrogens (tertiary/aromatic N) is 3. The van der Waals surface area contributed by atoms with Gasteiger partial charge in [-0.3, -0.25) is 9.69 Å². The fraction of sp³-hybridized carbons (Fsp3) is 0.682. The van der Waals surface area contributed by atoms with Gasteiger partial charge in [-0.25, -0.2) is 0 Å². The van der Waals surface area contributed by atoms with Crippen LogP contribution in [0.15, 0.2) is 24.3 Å². The van der Waals surface area contributed by atoms with Gasteiger partial charge in [0.2, 0.25) is 5.91 Å². The van der Waals surface area contributed by atoms with E-state index in [2.05, 4.69) is 58.1 Å². The van der Waals surface area contributed by atoms with Gasteiger partial charge in [-0.15, -0.1) is 0 Å². The van der Waals surface area contributed by atoms with Crippen LogP contribution in [-0.2, 0) is 4.79 Å². The van der Waals surface area contributed by atoms with Crippen molar-refractivity contribution in [3.63, 3.8) is 0 Å². The van der Waals surface area contributed by atoms with Crippen LogP contribution in [0.5, 0.6) is 0 Å². The van der Waals surface area contributed by atoms with Gasteiger partial charge in [0, 0.05) is 57.9 Å². The molecule has 2 heterocycles. The van der Waals surface area contributed by atoms with Gasteiger partial charge in [0.15, 0.2) is 0 Å². The van der Waals surface area contributed by atoms with Gasteiger partial charge >= 0.3 is 0 Å². The summed E-state index contributed by atoms with van der Waals surface area (Å²) in [5.41, 5.74) is 2.64. The van der Waals surface area contributed by atoms with Gasteiger partial charge in [0.05, 0.1) is 0 Å². The highest BCUT2D eigenvalue weighted by Gasteiger charge is 2.23. The summed E-state index contributed by atoms with van der Waals surface area (Å²) in [6.45, 7) is 13.4. The van der Waals surface area contributed by atoms with E-state index in [4.69, 9.17) is 0 Å². The number of carbonyl (C=O) groups excluding carboxylic acids is 1. The molecule has 0 aromatic heterocycles. The monoisotopic (exact) mass is 372 g/mol. The van der Waals surface area contributed by atoms with E-state index in [1.807, 2.05) is 0 Å². The Balaban J connectivity index is 1.35. The van der Waals surface area contributed by atoms with Crippen LogP contribution in [0.1, 0.15) is 31.7 Å². The molecule has 2 aliphatic rings. The van der Waals surface area contributed by atoms with Crippen molar-refractivity contribution in [1.82, 2.24) is 15.1 Å². The summed E-state index contributed by atoms with van der Waals surface area (Å²) in [5, 5.41) is 3.43. The van der Waals surface area contributed by atoms with Crippen molar-refractivity contribution >= 4 is 11.6 Å². The lowest BCUT2D eigenvalue weighted by atomic mass is 9.96. The normalized spacial score (nSPS) is 19.5. The number of hydrogen-bond donors (Lipinski definition) is 1. The van der Waals surface area contributed by atoms with E-state index in [9.17, 15) is 4.79 Å². The number of aryl methyl sites for hydroxylation is 1. The second-order valence-corrected chi connectivity index (χ2v) is 8.05. The van der Waals surface area contributed by atoms with Crippen molar-refractivity contribution in [2.75, 3.05) is 63.8 Å². The number of rotatable bonds is 7. The Morgan fingerprint density at radius 1 is 1.11 bits per heavy atom. The lowest BCUT2D eigenvalue weighted by molar-refractivity contribution is -0.132. The Morgan fingerprint density at radius 2 is 1.85 bits per heavy atom. The third kappa shape index (κ3) is 5.94. The van der Waals surface area contributed by atoms with Gasteiger partial charge in [0.25, 0.3) is 0 Å². The minimum absolute atomic E-state index is 0.345. The number of carbonyl (C=O) groups is 1. The van der Waals surface area contributed by atoms with Gasteiger partial charge in [-0.2, -0.15) is 0 Å². The number of likely N-dealkylation sites (tertiary alicyclic amines) is 1. The number of hydrogen-bond acceptors (Lipinski definition) is 4. The Morgan fingerprint density at radius 3 is 2.52 bits per heavy atom. The standard InChI is InChI=1S/C22H36N4O/c1-3-23-18-20-7-11-26(12-8-20)22(27)9-10-24-13-15-25(16-14-24)21-6-4-5-19(2)17-21/h4-6,17,20,23H,3,7-16,18H2,1-2H3. The summed E-state index contributed by atoms with van der Waals surface area (Å²) in [5.74, 6) is 1.08. The molecule has 1 aromatic carbocycles. The maximum atomic E-state index is 12.6. The van der Waals surface area contributed by atoms with E-state index in [1.165, 1.54) is 11.3 Å². The molecule has 0 spiro atoms. The summed E-state index contributed by atoms with van der Waals surface area (Å²) in [4.78, 5) is 19.6. The van der Waals surface area contributed by atoms with E-state index < -0.39 is 0 Å². The maximum absolute atomic E-state index is 12.6. The second-order valence-electron chi connectivity index (χ2n) is 8.05. The highest BCUT2D eigenvalue weighted by atomic mass is 16.2. The van der Waals surface area contributed by atoms with E-state index in [0.717, 1.165) is 77.7 Å². The van der Waals surface area contributed by atoms with Gasteiger partial charge in [-0.1, -0.05) is 19.1 Å². The van der Waals surface area contributed by atoms with E-state index in [-0.39, 0.29) is 0 Å². The number of nitrogens with one attached hydrogen (secondary N) is 1. The third-order valence-electron chi connectivity index (χ3n) is 6.03. The Labute approximate surface area is 164 Å². The number of amides is 1. The zero-order valence-corrected chi connectivity index (χ0v) is 17.1. The Bertz CT molecular complexity index is 590. The van der Waals surface area contributed by atoms with Gasteiger partial charge < -0.3 is 15.1 Å². The molecule has 27 heavy (non-hydrogen) atoms. The molecule has 0 bridgehead atoms. The van der Waals surface area contributed by atoms with Gasteiger partial charge in [0.1, 0.15) is 0 Å². The predicted octanol–water partition coefficient (Wildman–Crippen LogP) is 2.36. The predicted molar refractivity (Wildman–Crippen MR) is 112 cm³/mol. The zero-order valence-electron chi connectivity index (χ0n) is 17.1. The van der Waals surface area contributed by atoms with Crippen LogP contribution in [0.25, 0.3) is 0 Å². The van der Waals surface area contributed by atoms with E-state index >= 15 is 0 Å². The SMILES string of the molecule is CCNCC1CCN(C(=O)CCN2CCN(c3cccc(C)c3)CC2)CC1. The fourth-order valence-electron chi connectivity index (χ4n) is 4.20. The molecule has 1 aromatic rings. The minimum atomic E-state index is 0.345.